The van der Waals surface area contributed by atoms with Crippen molar-refractivity contribution in [2.24, 2.45) is 5.73 Å². The minimum Gasteiger partial charge on any atom is -0.391 e. The fourth-order valence-corrected chi connectivity index (χ4v) is 9.19. The van der Waals surface area contributed by atoms with Crippen LogP contribution < -0.4 is 11.1 Å². The topological polar surface area (TPSA) is 109 Å². The maximum Gasteiger partial charge on any atom is 0.243 e. The van der Waals surface area contributed by atoms with E-state index in [2.05, 4.69) is 46.7 Å². The standard InChI is InChI=1S/C40H42N4O3S2/c1-27-35(48-26-43-27)29-21-19-28(20-22-29)24-42-37(46)34-23-33(45)25-44(34)38(47)36(41)39(2,3)49-40(30-13-7-4-8-14-30,31-15-9-5-10-16-31)32-17-11-6-12-18-32/h4-22,26,33-34,36,45H,23-25,41H2,1-3H3,(H,42,46)/t33-,34+,36?/m1/s1. The minimum absolute atomic E-state index is 0.0511. The van der Waals surface area contributed by atoms with Gasteiger partial charge in [0, 0.05) is 24.3 Å². The van der Waals surface area contributed by atoms with Crippen molar-refractivity contribution in [2.75, 3.05) is 6.54 Å². The van der Waals surface area contributed by atoms with Crippen LogP contribution in [0.1, 0.15) is 48.2 Å². The fraction of sp³-hybridized carbons (Fsp3) is 0.275. The van der Waals surface area contributed by atoms with Crippen LogP contribution in [-0.4, -0.2) is 56.3 Å². The summed E-state index contributed by atoms with van der Waals surface area (Å²) < 4.78 is -1.51. The fourth-order valence-electron chi connectivity index (χ4n) is 6.60. The third-order valence-electron chi connectivity index (χ3n) is 9.27. The highest BCUT2D eigenvalue weighted by molar-refractivity contribution is 8.02. The number of thioether (sulfide) groups is 1. The predicted octanol–water partition coefficient (Wildman–Crippen LogP) is 6.53. The number of nitrogens with one attached hydrogen (secondary N) is 1. The van der Waals surface area contributed by atoms with Crippen LogP contribution in [0.4, 0.5) is 0 Å². The van der Waals surface area contributed by atoms with E-state index in [0.29, 0.717) is 6.54 Å². The second-order valence-electron chi connectivity index (χ2n) is 13.0. The Morgan fingerprint density at radius 2 is 1.45 bits per heavy atom. The van der Waals surface area contributed by atoms with Gasteiger partial charge in [0.25, 0.3) is 0 Å². The van der Waals surface area contributed by atoms with Crippen molar-refractivity contribution < 1.29 is 14.7 Å². The van der Waals surface area contributed by atoms with Crippen LogP contribution in [0.5, 0.6) is 0 Å². The number of hydrogen-bond donors (Lipinski definition) is 3. The number of aromatic nitrogens is 1. The monoisotopic (exact) mass is 690 g/mol. The summed E-state index contributed by atoms with van der Waals surface area (Å²) in [5, 5.41) is 13.7. The second kappa shape index (κ2) is 14.7. The minimum atomic E-state index is -0.976. The van der Waals surface area contributed by atoms with Gasteiger partial charge in [0.1, 0.15) is 6.04 Å². The summed E-state index contributed by atoms with van der Waals surface area (Å²) >= 11 is 3.23. The molecule has 2 heterocycles. The number of benzene rings is 4. The van der Waals surface area contributed by atoms with Crippen LogP contribution >= 0.6 is 23.1 Å². The molecule has 0 aliphatic carbocycles. The predicted molar refractivity (Wildman–Crippen MR) is 199 cm³/mol. The number of carbonyl (C=O) groups excluding carboxylic acids is 2. The molecule has 4 aromatic carbocycles. The number of aryl methyl sites for hydroxylation is 1. The molecule has 4 N–H and O–H groups in total. The van der Waals surface area contributed by atoms with Gasteiger partial charge < -0.3 is 21.1 Å². The molecule has 49 heavy (non-hydrogen) atoms. The number of aliphatic hydroxyl groups is 1. The molecule has 252 valence electrons. The molecule has 1 saturated heterocycles. The maximum absolute atomic E-state index is 14.3. The van der Waals surface area contributed by atoms with Crippen molar-refractivity contribution >= 4 is 34.9 Å². The Balaban J connectivity index is 1.23. The average molecular weight is 691 g/mol. The first kappa shape index (κ1) is 34.6. The molecule has 7 nitrogen and oxygen atoms in total. The lowest BCUT2D eigenvalue weighted by molar-refractivity contribution is -0.140. The molecule has 2 amide bonds. The van der Waals surface area contributed by atoms with Crippen molar-refractivity contribution in [1.82, 2.24) is 15.2 Å². The van der Waals surface area contributed by atoms with Gasteiger partial charge in [-0.3, -0.25) is 9.59 Å². The number of rotatable bonds is 11. The lowest BCUT2D eigenvalue weighted by Crippen LogP contribution is -2.57. The number of hydrogen-bond acceptors (Lipinski definition) is 7. The zero-order chi connectivity index (χ0) is 34.6. The summed E-state index contributed by atoms with van der Waals surface area (Å²) in [5.41, 5.74) is 15.0. The maximum atomic E-state index is 14.3. The van der Waals surface area contributed by atoms with Gasteiger partial charge in [-0.25, -0.2) is 4.98 Å². The van der Waals surface area contributed by atoms with Crippen LogP contribution in [0, 0.1) is 6.92 Å². The van der Waals surface area contributed by atoms with Gasteiger partial charge >= 0.3 is 0 Å². The van der Waals surface area contributed by atoms with E-state index in [0.717, 1.165) is 38.4 Å². The molecular formula is C40H42N4O3S2. The van der Waals surface area contributed by atoms with E-state index >= 15 is 0 Å². The lowest BCUT2D eigenvalue weighted by Gasteiger charge is -2.44. The molecule has 0 spiro atoms. The van der Waals surface area contributed by atoms with Crippen molar-refractivity contribution in [1.29, 1.82) is 0 Å². The molecule has 3 atom stereocenters. The molecule has 1 aromatic heterocycles. The van der Waals surface area contributed by atoms with Crippen molar-refractivity contribution in [2.45, 2.75) is 61.4 Å². The highest BCUT2D eigenvalue weighted by Gasteiger charge is 2.48. The molecule has 5 aromatic rings. The van der Waals surface area contributed by atoms with E-state index in [1.165, 1.54) is 4.90 Å². The third kappa shape index (κ3) is 7.21. The van der Waals surface area contributed by atoms with Crippen LogP contribution in [0.15, 0.2) is 121 Å². The average Bonchev–Trinajstić information content (AvgIpc) is 3.75. The third-order valence-corrected chi connectivity index (χ3v) is 12.0. The normalized spacial score (nSPS) is 17.1. The molecule has 0 saturated carbocycles. The van der Waals surface area contributed by atoms with Crippen molar-refractivity contribution in [3.05, 3.63) is 149 Å². The van der Waals surface area contributed by atoms with Crippen LogP contribution in [0.2, 0.25) is 0 Å². The van der Waals surface area contributed by atoms with E-state index in [1.807, 2.05) is 105 Å². The number of amides is 2. The Bertz CT molecular complexity index is 1770. The molecule has 9 heteroatoms. The van der Waals surface area contributed by atoms with Gasteiger partial charge in [0.05, 0.1) is 33.0 Å². The zero-order valence-corrected chi connectivity index (χ0v) is 29.6. The first-order valence-electron chi connectivity index (χ1n) is 16.5. The molecule has 0 radical (unpaired) electrons. The Hall–Kier alpha value is -4.28. The van der Waals surface area contributed by atoms with E-state index in [1.54, 1.807) is 23.1 Å². The smallest absolute Gasteiger partial charge is 0.243 e. The Labute approximate surface area is 296 Å². The molecule has 1 unspecified atom stereocenters. The summed E-state index contributed by atoms with van der Waals surface area (Å²) in [6.45, 7) is 6.32. The summed E-state index contributed by atoms with van der Waals surface area (Å²) in [4.78, 5) is 34.8. The van der Waals surface area contributed by atoms with Crippen LogP contribution in [-0.2, 0) is 20.9 Å². The Morgan fingerprint density at radius 1 is 0.918 bits per heavy atom. The first-order chi connectivity index (χ1) is 23.6. The number of carbonyl (C=O) groups is 2. The Morgan fingerprint density at radius 3 is 1.94 bits per heavy atom. The lowest BCUT2D eigenvalue weighted by atomic mass is 9.84. The number of nitrogens with two attached hydrogens (primary N) is 1. The van der Waals surface area contributed by atoms with E-state index in [9.17, 15) is 14.7 Å². The molecule has 1 aliphatic rings. The summed E-state index contributed by atoms with van der Waals surface area (Å²) in [6.07, 6.45) is -0.662. The Kier molecular flexibility index (Phi) is 10.4. The highest BCUT2D eigenvalue weighted by Crippen LogP contribution is 2.54. The summed E-state index contributed by atoms with van der Waals surface area (Å²) in [7, 11) is 0. The van der Waals surface area contributed by atoms with E-state index < -0.39 is 27.7 Å². The van der Waals surface area contributed by atoms with Gasteiger partial charge in [-0.2, -0.15) is 0 Å². The number of thiazole rings is 1. The van der Waals surface area contributed by atoms with Crippen LogP contribution in [0.25, 0.3) is 10.4 Å². The quantitative estimate of drug-likeness (QED) is 0.136. The van der Waals surface area contributed by atoms with Gasteiger partial charge in [0.15, 0.2) is 0 Å². The zero-order valence-electron chi connectivity index (χ0n) is 28.0. The molecule has 6 rings (SSSR count). The van der Waals surface area contributed by atoms with E-state index in [-0.39, 0.29) is 24.8 Å². The second-order valence-corrected chi connectivity index (χ2v) is 15.8. The van der Waals surface area contributed by atoms with Crippen molar-refractivity contribution in [3.8, 4) is 10.4 Å². The number of likely N-dealkylation sites (tertiary alicyclic amines) is 1. The largest absolute Gasteiger partial charge is 0.391 e. The summed E-state index contributed by atoms with van der Waals surface area (Å²) in [6, 6.07) is 37.0. The molecular weight excluding hydrogens is 649 g/mol. The summed E-state index contributed by atoms with van der Waals surface area (Å²) in [5.74, 6) is -0.668. The van der Waals surface area contributed by atoms with Gasteiger partial charge in [0.2, 0.25) is 11.8 Å². The van der Waals surface area contributed by atoms with Gasteiger partial charge in [-0.15, -0.1) is 23.1 Å². The number of nitrogens with zero attached hydrogens (tertiary/aromatic N) is 2. The van der Waals surface area contributed by atoms with E-state index in [4.69, 9.17) is 5.73 Å². The first-order valence-corrected chi connectivity index (χ1v) is 18.2. The number of β-amino-alcohol motifs (C(OH)–C–C–N with tert-alkyl or cyclic N) is 1. The van der Waals surface area contributed by atoms with Crippen LogP contribution in [0.3, 0.4) is 0 Å². The van der Waals surface area contributed by atoms with Crippen molar-refractivity contribution in [3.63, 3.8) is 0 Å². The molecule has 1 aliphatic heterocycles. The highest BCUT2D eigenvalue weighted by atomic mass is 32.2. The van der Waals surface area contributed by atoms with Gasteiger partial charge in [-0.05, 0) is 48.6 Å². The SMILES string of the molecule is Cc1ncsc1-c1ccc(CNC(=O)[C@@H]2C[C@@H](O)CN2C(=O)C(N)C(C)(C)SC(c2ccccc2)(c2ccccc2)c2ccccc2)cc1. The van der Waals surface area contributed by atoms with Gasteiger partial charge in [-0.1, -0.05) is 115 Å². The molecule has 0 bridgehead atoms. The molecule has 1 fully saturated rings. The number of aliphatic hydroxyl groups excluding tert-OH is 1.